The van der Waals surface area contributed by atoms with Crippen molar-refractivity contribution in [1.29, 1.82) is 0 Å². The highest BCUT2D eigenvalue weighted by Crippen LogP contribution is 2.27. The maximum absolute atomic E-state index is 12.7. The SMILES string of the molecule is COc1ccc(C)cc1S(=O)(=O)Nc1ccc(N[C@@H]2CS(=O)(=O)C[C@@H]2O)cc1. The molecule has 0 spiro atoms. The van der Waals surface area contributed by atoms with Gasteiger partial charge in [0.05, 0.1) is 30.8 Å². The van der Waals surface area contributed by atoms with E-state index in [0.29, 0.717) is 11.4 Å². The number of aliphatic hydroxyl groups is 1. The van der Waals surface area contributed by atoms with Gasteiger partial charge in [-0.05, 0) is 48.9 Å². The fraction of sp³-hybridized carbons (Fsp3) is 0.333. The van der Waals surface area contributed by atoms with Gasteiger partial charge in [0.2, 0.25) is 0 Å². The molecule has 0 unspecified atom stereocenters. The first-order valence-electron chi connectivity index (χ1n) is 8.52. The van der Waals surface area contributed by atoms with Gasteiger partial charge in [-0.25, -0.2) is 16.8 Å². The summed E-state index contributed by atoms with van der Waals surface area (Å²) < 4.78 is 56.2. The average Bonchev–Trinajstić information content (AvgIpc) is 2.88. The molecule has 1 aliphatic rings. The molecular formula is C18H22N2O6S2. The number of ether oxygens (including phenoxy) is 1. The van der Waals surface area contributed by atoms with Crippen molar-refractivity contribution in [1.82, 2.24) is 0 Å². The second-order valence-electron chi connectivity index (χ2n) is 6.73. The van der Waals surface area contributed by atoms with Gasteiger partial charge < -0.3 is 15.2 Å². The van der Waals surface area contributed by atoms with E-state index in [4.69, 9.17) is 4.74 Å². The van der Waals surface area contributed by atoms with Crippen molar-refractivity contribution in [2.75, 3.05) is 28.7 Å². The summed E-state index contributed by atoms with van der Waals surface area (Å²) in [4.78, 5) is 0.0384. The second-order valence-corrected chi connectivity index (χ2v) is 10.5. The summed E-state index contributed by atoms with van der Waals surface area (Å²) in [5.74, 6) is -0.163. The van der Waals surface area contributed by atoms with E-state index < -0.39 is 32.0 Å². The molecule has 28 heavy (non-hydrogen) atoms. The molecule has 1 saturated heterocycles. The molecule has 0 aliphatic carbocycles. The zero-order chi connectivity index (χ0) is 20.5. The van der Waals surface area contributed by atoms with Crippen LogP contribution in [0.25, 0.3) is 0 Å². The molecule has 3 N–H and O–H groups in total. The van der Waals surface area contributed by atoms with E-state index in [2.05, 4.69) is 10.0 Å². The van der Waals surface area contributed by atoms with Crippen molar-refractivity contribution in [3.8, 4) is 5.75 Å². The van der Waals surface area contributed by atoms with Gasteiger partial charge in [0.1, 0.15) is 10.6 Å². The first kappa shape index (κ1) is 20.4. The van der Waals surface area contributed by atoms with Gasteiger partial charge in [-0.15, -0.1) is 0 Å². The average molecular weight is 427 g/mol. The Morgan fingerprint density at radius 1 is 1.07 bits per heavy atom. The van der Waals surface area contributed by atoms with Crippen LogP contribution in [0.2, 0.25) is 0 Å². The summed E-state index contributed by atoms with van der Waals surface area (Å²) in [7, 11) is -5.70. The highest BCUT2D eigenvalue weighted by atomic mass is 32.2. The van der Waals surface area contributed by atoms with Crippen LogP contribution in [0, 0.1) is 6.92 Å². The lowest BCUT2D eigenvalue weighted by molar-refractivity contribution is 0.190. The molecule has 1 aliphatic heterocycles. The normalized spacial score (nSPS) is 21.2. The summed E-state index contributed by atoms with van der Waals surface area (Å²) in [6.45, 7) is 1.79. The third-order valence-corrected chi connectivity index (χ3v) is 7.54. The van der Waals surface area contributed by atoms with E-state index in [1.54, 1.807) is 43.3 Å². The quantitative estimate of drug-likeness (QED) is 0.638. The summed E-state index contributed by atoms with van der Waals surface area (Å²) in [5.41, 5.74) is 1.71. The number of hydrogen-bond acceptors (Lipinski definition) is 7. The molecule has 1 fully saturated rings. The van der Waals surface area contributed by atoms with Crippen LogP contribution in [-0.2, 0) is 19.9 Å². The van der Waals surface area contributed by atoms with Crippen LogP contribution in [0.1, 0.15) is 5.56 Å². The van der Waals surface area contributed by atoms with Gasteiger partial charge >= 0.3 is 0 Å². The van der Waals surface area contributed by atoms with E-state index >= 15 is 0 Å². The van der Waals surface area contributed by atoms with Crippen LogP contribution in [-0.4, -0.2) is 52.7 Å². The third kappa shape index (κ3) is 4.57. The summed E-state index contributed by atoms with van der Waals surface area (Å²) in [5, 5.41) is 12.8. The lowest BCUT2D eigenvalue weighted by atomic mass is 10.2. The molecule has 0 amide bonds. The number of sulfone groups is 1. The maximum Gasteiger partial charge on any atom is 0.265 e. The number of anilines is 2. The Morgan fingerprint density at radius 2 is 1.71 bits per heavy atom. The highest BCUT2D eigenvalue weighted by molar-refractivity contribution is 7.93. The van der Waals surface area contributed by atoms with Gasteiger partial charge in [-0.2, -0.15) is 0 Å². The third-order valence-electron chi connectivity index (χ3n) is 4.42. The van der Waals surface area contributed by atoms with Gasteiger partial charge in [0, 0.05) is 11.4 Å². The zero-order valence-electron chi connectivity index (χ0n) is 15.4. The summed E-state index contributed by atoms with van der Waals surface area (Å²) in [6, 6.07) is 10.6. The highest BCUT2D eigenvalue weighted by Gasteiger charge is 2.36. The second kappa shape index (κ2) is 7.61. The Labute approximate surface area is 164 Å². The fourth-order valence-corrected chi connectivity index (χ4v) is 6.07. The van der Waals surface area contributed by atoms with Crippen molar-refractivity contribution in [3.63, 3.8) is 0 Å². The van der Waals surface area contributed by atoms with Gasteiger partial charge in [0.15, 0.2) is 9.84 Å². The molecule has 0 saturated carbocycles. The van der Waals surface area contributed by atoms with Crippen LogP contribution in [0.15, 0.2) is 47.4 Å². The number of rotatable bonds is 6. The van der Waals surface area contributed by atoms with Gasteiger partial charge in [-0.1, -0.05) is 6.07 Å². The van der Waals surface area contributed by atoms with Crippen molar-refractivity contribution in [2.24, 2.45) is 0 Å². The standard InChI is InChI=1S/C18H22N2O6S2/c1-12-3-8-17(26-2)18(9-12)28(24,25)20-14-6-4-13(5-7-14)19-15-10-27(22,23)11-16(15)21/h3-9,15-16,19-21H,10-11H2,1-2H3/t15-,16+/m1/s1. The Bertz CT molecular complexity index is 1070. The molecule has 3 rings (SSSR count). The number of aliphatic hydroxyl groups excluding tert-OH is 1. The van der Waals surface area contributed by atoms with E-state index in [9.17, 15) is 21.9 Å². The van der Waals surface area contributed by atoms with Crippen LogP contribution in [0.4, 0.5) is 11.4 Å². The fourth-order valence-electron chi connectivity index (χ4n) is 3.02. The van der Waals surface area contributed by atoms with Gasteiger partial charge in [-0.3, -0.25) is 4.72 Å². The number of benzene rings is 2. The molecule has 2 aromatic carbocycles. The van der Waals surface area contributed by atoms with E-state index in [1.807, 2.05) is 0 Å². The smallest absolute Gasteiger partial charge is 0.265 e. The summed E-state index contributed by atoms with van der Waals surface area (Å²) in [6.07, 6.45) is -0.975. The molecule has 8 nitrogen and oxygen atoms in total. The summed E-state index contributed by atoms with van der Waals surface area (Å²) >= 11 is 0. The molecule has 0 radical (unpaired) electrons. The lowest BCUT2D eigenvalue weighted by Crippen LogP contribution is -2.31. The Balaban J connectivity index is 1.75. The van der Waals surface area contributed by atoms with Crippen molar-refractivity contribution < 1.29 is 26.7 Å². The van der Waals surface area contributed by atoms with E-state index in [-0.39, 0.29) is 22.2 Å². The number of sulfonamides is 1. The molecule has 10 heteroatoms. The number of nitrogens with one attached hydrogen (secondary N) is 2. The number of aryl methyl sites for hydroxylation is 1. The minimum absolute atomic E-state index is 0.0384. The van der Waals surface area contributed by atoms with Crippen LogP contribution >= 0.6 is 0 Å². The lowest BCUT2D eigenvalue weighted by Gasteiger charge is -2.17. The Morgan fingerprint density at radius 3 is 2.29 bits per heavy atom. The van der Waals surface area contributed by atoms with Crippen LogP contribution < -0.4 is 14.8 Å². The first-order valence-corrected chi connectivity index (χ1v) is 11.8. The monoisotopic (exact) mass is 426 g/mol. The molecule has 2 aromatic rings. The van der Waals surface area contributed by atoms with Crippen LogP contribution in [0.5, 0.6) is 5.75 Å². The van der Waals surface area contributed by atoms with E-state index in [0.717, 1.165) is 5.56 Å². The molecule has 2 atom stereocenters. The largest absolute Gasteiger partial charge is 0.495 e. The maximum atomic E-state index is 12.7. The van der Waals surface area contributed by atoms with Crippen molar-refractivity contribution >= 4 is 31.2 Å². The topological polar surface area (TPSA) is 122 Å². The minimum atomic E-state index is -3.85. The Kier molecular flexibility index (Phi) is 5.55. The van der Waals surface area contributed by atoms with Crippen molar-refractivity contribution in [3.05, 3.63) is 48.0 Å². The van der Waals surface area contributed by atoms with Crippen molar-refractivity contribution in [2.45, 2.75) is 24.0 Å². The molecule has 0 bridgehead atoms. The number of methoxy groups -OCH3 is 1. The molecule has 152 valence electrons. The first-order chi connectivity index (χ1) is 13.1. The number of hydrogen-bond donors (Lipinski definition) is 3. The molecule has 0 aromatic heterocycles. The van der Waals surface area contributed by atoms with E-state index in [1.165, 1.54) is 13.2 Å². The Hall–Kier alpha value is -2.30. The van der Waals surface area contributed by atoms with Crippen LogP contribution in [0.3, 0.4) is 0 Å². The van der Waals surface area contributed by atoms with Gasteiger partial charge in [0.25, 0.3) is 10.0 Å². The molecule has 1 heterocycles. The predicted molar refractivity (Wildman–Crippen MR) is 107 cm³/mol. The predicted octanol–water partition coefficient (Wildman–Crippen LogP) is 1.37. The molecular weight excluding hydrogens is 404 g/mol. The minimum Gasteiger partial charge on any atom is -0.495 e. The zero-order valence-corrected chi connectivity index (χ0v) is 17.0.